The molecule has 4 heterocycles. The van der Waals surface area contributed by atoms with Crippen molar-refractivity contribution in [2.75, 3.05) is 0 Å². The van der Waals surface area contributed by atoms with Gasteiger partial charge in [-0.1, -0.05) is 265 Å². The molecule has 108 heavy (non-hydrogen) atoms. The number of aromatic nitrogens is 12. The van der Waals surface area contributed by atoms with Crippen LogP contribution in [0.3, 0.4) is 0 Å². The van der Waals surface area contributed by atoms with Gasteiger partial charge in [0.1, 0.15) is 41.9 Å². The van der Waals surface area contributed by atoms with Gasteiger partial charge in [0.15, 0.2) is 49.0 Å². The third-order valence-corrected chi connectivity index (χ3v) is 25.0. The second-order valence-corrected chi connectivity index (χ2v) is 35.2. The number of esters is 4. The Labute approximate surface area is 668 Å². The van der Waals surface area contributed by atoms with Crippen molar-refractivity contribution in [1.29, 1.82) is 0 Å². The third-order valence-electron chi connectivity index (χ3n) is 22.2. The molecular formula is C84H112Br3ClN12O8. The number of aromatic amines is 4. The van der Waals surface area contributed by atoms with Crippen LogP contribution in [0.2, 0.25) is 0 Å². The zero-order chi connectivity index (χ0) is 78.4. The van der Waals surface area contributed by atoms with Crippen LogP contribution in [-0.2, 0) is 38.1 Å². The Morgan fingerprint density at radius 1 is 0.389 bits per heavy atom. The molecule has 0 radical (unpaired) electrons. The first-order chi connectivity index (χ1) is 51.4. The summed E-state index contributed by atoms with van der Waals surface area (Å²) < 4.78 is 23.3. The summed E-state index contributed by atoms with van der Waals surface area (Å²) in [7, 11) is 0. The predicted octanol–water partition coefficient (Wildman–Crippen LogP) is 20.8. The molecule has 4 saturated carbocycles. The van der Waals surface area contributed by atoms with Crippen LogP contribution >= 0.6 is 59.4 Å². The SMILES string of the molecule is CCC(C)c1ccc(-c2n[nH]c(C(Br)C(=O)OC3C(C)CC(C)CC3C)n2)cc1.CCC1CC(C)C(OC(=O)C(Br)c2nc(-c3ccc(C)cc3)n[nH]2)C(C)C1.Cc1ccc(-c2n[nH]c(C(Br)C(=O)OC3C(C)CC(C)CC3C)n2)cc1.Cc1ccc(-c2n[nH]c(C(Cl)C(=O)OC3C(C)CC(C)CC3C)n2)cc1. The lowest BCUT2D eigenvalue weighted by molar-refractivity contribution is -0.158. The molecule has 8 aromatic rings. The van der Waals surface area contributed by atoms with Crippen LogP contribution in [0.1, 0.15) is 232 Å². The number of H-pyrrole nitrogens is 4. The summed E-state index contributed by atoms with van der Waals surface area (Å²) in [5.74, 6) is 8.77. The Balaban J connectivity index is 0.000000166. The third kappa shape index (κ3) is 22.6. The van der Waals surface area contributed by atoms with Gasteiger partial charge in [0.05, 0.1) is 0 Å². The Kier molecular flexibility index (Phi) is 30.9. The van der Waals surface area contributed by atoms with E-state index in [2.05, 4.69) is 218 Å². The fraction of sp³-hybridized carbons (Fsp3) is 0.571. The van der Waals surface area contributed by atoms with E-state index in [1.165, 1.54) is 23.1 Å². The molecule has 0 amide bonds. The van der Waals surface area contributed by atoms with Gasteiger partial charge in [-0.2, -0.15) is 20.4 Å². The molecule has 20 nitrogen and oxygen atoms in total. The predicted molar refractivity (Wildman–Crippen MR) is 435 cm³/mol. The molecule has 0 bridgehead atoms. The first-order valence-electron chi connectivity index (χ1n) is 38.8. The van der Waals surface area contributed by atoms with Gasteiger partial charge < -0.3 is 18.9 Å². The first-order valence-corrected chi connectivity index (χ1v) is 42.0. The van der Waals surface area contributed by atoms with Crippen molar-refractivity contribution in [2.45, 2.75) is 232 Å². The topological polar surface area (TPSA) is 271 Å². The van der Waals surface area contributed by atoms with E-state index in [1.54, 1.807) is 0 Å². The Morgan fingerprint density at radius 3 is 0.898 bits per heavy atom. The maximum Gasteiger partial charge on any atom is 0.332 e. The first kappa shape index (κ1) is 85.1. The molecule has 12 rings (SSSR count). The fourth-order valence-corrected chi connectivity index (χ4v) is 17.5. The minimum Gasteiger partial charge on any atom is -0.461 e. The standard InChI is InChI=1S/C23H32BrN3O2.C21H28BrN3O2.C20H26BrN3O2.C20H26ClN3O2/c1-6-14(3)17-7-9-18(10-8-17)21-25-22(27-26-21)19(24)23(28)29-20-15(4)11-13(2)12-16(20)5;1-5-15-10-13(3)18(14(4)11-15)27-21(26)17(22)20-23-19(24-25-20)16-8-6-12(2)7-9-16;2*1-11-5-7-15(8-6-11)18-22-19(24-23-18)16(21)20(25)26-17-13(3)9-12(2)10-14(17)4/h7-10,13-16,19-20H,6,11-12H2,1-5H3,(H,25,26,27);6-9,13-15,17-18H,5,10-11H2,1-4H3,(H,23,24,25);2*5-8,12-14,16-17H,9-10H2,1-4H3,(H,22,23,24). The monoisotopic (exact) mass is 1690 g/mol. The number of aryl methyl sites for hydroxylation is 3. The van der Waals surface area contributed by atoms with Crippen LogP contribution in [0.5, 0.6) is 0 Å². The minimum atomic E-state index is -0.986. The summed E-state index contributed by atoms with van der Waals surface area (Å²) in [6, 6.07) is 32.1. The lowest BCUT2D eigenvalue weighted by Gasteiger charge is -2.38. The number of ether oxygens (including phenoxy) is 4. The number of benzene rings is 4. The lowest BCUT2D eigenvalue weighted by Crippen LogP contribution is -2.38. The highest BCUT2D eigenvalue weighted by molar-refractivity contribution is 9.10. The van der Waals surface area contributed by atoms with Crippen LogP contribution in [0.25, 0.3) is 45.6 Å². The summed E-state index contributed by atoms with van der Waals surface area (Å²) in [6.45, 7) is 36.8. The quantitative estimate of drug-likeness (QED) is 0.0333. The van der Waals surface area contributed by atoms with E-state index in [9.17, 15) is 19.2 Å². The summed E-state index contributed by atoms with van der Waals surface area (Å²) >= 11 is 16.6. The zero-order valence-electron chi connectivity index (χ0n) is 65.8. The van der Waals surface area contributed by atoms with Gasteiger partial charge in [-0.3, -0.25) is 34.8 Å². The van der Waals surface area contributed by atoms with Crippen molar-refractivity contribution >= 4 is 83.3 Å². The summed E-state index contributed by atoms with van der Waals surface area (Å²) in [5.41, 5.74) is 8.45. The molecule has 0 aliphatic heterocycles. The van der Waals surface area contributed by atoms with Crippen molar-refractivity contribution in [3.05, 3.63) is 143 Å². The number of alkyl halides is 4. The number of hydrogen-bond donors (Lipinski definition) is 4. The van der Waals surface area contributed by atoms with Crippen molar-refractivity contribution in [1.82, 2.24) is 60.7 Å². The van der Waals surface area contributed by atoms with Gasteiger partial charge in [0, 0.05) is 22.3 Å². The average Bonchev–Trinajstić information content (AvgIpc) is 1.51. The van der Waals surface area contributed by atoms with Crippen molar-refractivity contribution < 1.29 is 38.1 Å². The maximum absolute atomic E-state index is 12.7. The second kappa shape index (κ2) is 39.3. The number of halogens is 4. The summed E-state index contributed by atoms with van der Waals surface area (Å²) in [5, 5.41) is 27.4. The fourth-order valence-electron chi connectivity index (χ4n) is 16.4. The van der Waals surface area contributed by atoms with Crippen molar-refractivity contribution in [3.8, 4) is 45.6 Å². The van der Waals surface area contributed by atoms with E-state index in [4.69, 9.17) is 30.5 Å². The van der Waals surface area contributed by atoms with E-state index < -0.39 is 25.8 Å². The van der Waals surface area contributed by atoms with E-state index in [-0.39, 0.29) is 42.3 Å². The number of nitrogens with zero attached hydrogens (tertiary/aromatic N) is 8. The second-order valence-electron chi connectivity index (χ2n) is 32.1. The van der Waals surface area contributed by atoms with E-state index in [0.717, 1.165) is 91.5 Å². The van der Waals surface area contributed by atoms with Crippen LogP contribution < -0.4 is 0 Å². The number of carbonyl (C=O) groups excluding carboxylic acids is 4. The van der Waals surface area contributed by atoms with Crippen molar-refractivity contribution in [2.24, 2.45) is 71.0 Å². The van der Waals surface area contributed by atoms with Crippen LogP contribution in [0.4, 0.5) is 0 Å². The van der Waals surface area contributed by atoms with Gasteiger partial charge in [0.2, 0.25) is 0 Å². The van der Waals surface area contributed by atoms with Gasteiger partial charge in [-0.25, -0.2) is 24.7 Å². The molecule has 4 N–H and O–H groups in total. The van der Waals surface area contributed by atoms with Gasteiger partial charge in [-0.05, 0) is 161 Å². The van der Waals surface area contributed by atoms with Crippen LogP contribution in [-0.4, -0.2) is 109 Å². The van der Waals surface area contributed by atoms with E-state index >= 15 is 0 Å². The minimum absolute atomic E-state index is 0.0418. The molecule has 4 aliphatic carbocycles. The molecule has 4 aromatic carbocycles. The Hall–Kier alpha value is -6.95. The van der Waals surface area contributed by atoms with Gasteiger partial charge >= 0.3 is 23.9 Å². The van der Waals surface area contributed by atoms with Gasteiger partial charge in [0.25, 0.3) is 0 Å². The Morgan fingerprint density at radius 2 is 0.630 bits per heavy atom. The van der Waals surface area contributed by atoms with Crippen LogP contribution in [0, 0.1) is 91.8 Å². The number of carbonyl (C=O) groups is 4. The molecular weight excluding hydrogens is 1580 g/mol. The normalized spacial score (nSPS) is 26.9. The molecule has 13 atom stereocenters. The molecule has 0 saturated heterocycles. The van der Waals surface area contributed by atoms with Gasteiger partial charge in [-0.15, -0.1) is 11.6 Å². The number of nitrogens with one attached hydrogen (secondary N) is 4. The zero-order valence-corrected chi connectivity index (χ0v) is 71.3. The van der Waals surface area contributed by atoms with Crippen molar-refractivity contribution in [3.63, 3.8) is 0 Å². The Bertz CT molecular complexity index is 3990. The lowest BCUT2D eigenvalue weighted by atomic mass is 9.73. The largest absolute Gasteiger partial charge is 0.461 e. The van der Waals surface area contributed by atoms with E-state index in [0.29, 0.717) is 118 Å². The highest BCUT2D eigenvalue weighted by atomic mass is 79.9. The smallest absolute Gasteiger partial charge is 0.332 e. The summed E-state index contributed by atoms with van der Waals surface area (Å²) in [4.78, 5) is 66.5. The molecule has 13 unspecified atom stereocenters. The van der Waals surface area contributed by atoms with E-state index in [1.807, 2.05) is 106 Å². The number of hydrogen-bond acceptors (Lipinski definition) is 16. The highest BCUT2D eigenvalue weighted by Gasteiger charge is 2.41. The van der Waals surface area contributed by atoms with Crippen LogP contribution in [0.15, 0.2) is 97.1 Å². The molecule has 4 aliphatic rings. The number of rotatable bonds is 19. The maximum atomic E-state index is 12.7. The molecule has 4 aromatic heterocycles. The highest BCUT2D eigenvalue weighted by Crippen LogP contribution is 2.42. The molecule has 4 fully saturated rings. The molecule has 24 heteroatoms. The summed E-state index contributed by atoms with van der Waals surface area (Å²) in [6.07, 6.45) is 10.8. The average molecular weight is 1690 g/mol. The molecule has 0 spiro atoms. The molecule has 584 valence electrons.